The lowest BCUT2D eigenvalue weighted by atomic mass is 9.85. The van der Waals surface area contributed by atoms with E-state index in [0.717, 1.165) is 43.5 Å². The van der Waals surface area contributed by atoms with Crippen LogP contribution in [0, 0.1) is 13.8 Å². The predicted octanol–water partition coefficient (Wildman–Crippen LogP) is 2.47. The molecule has 27 heavy (non-hydrogen) atoms. The molecule has 0 bridgehead atoms. The minimum Gasteiger partial charge on any atom is -0.350 e. The molecule has 0 aliphatic heterocycles. The summed E-state index contributed by atoms with van der Waals surface area (Å²) in [6, 6.07) is 9.83. The van der Waals surface area contributed by atoms with Crippen molar-refractivity contribution >= 4 is 5.91 Å². The Morgan fingerprint density at radius 2 is 1.81 bits per heavy atom. The highest BCUT2D eigenvalue weighted by atomic mass is 16.2. The molecule has 2 N–H and O–H groups in total. The monoisotopic (exact) mass is 366 g/mol. The van der Waals surface area contributed by atoms with Gasteiger partial charge in [-0.2, -0.15) is 5.10 Å². The Morgan fingerprint density at radius 1 is 1.15 bits per heavy atom. The Morgan fingerprint density at radius 3 is 2.37 bits per heavy atom. The number of nitrogens with zero attached hydrogens (tertiary/aromatic N) is 2. The first kappa shape index (κ1) is 18.2. The molecule has 2 aromatic rings. The maximum Gasteiger partial charge on any atom is 0.242 e. The number of nitrogens with one attached hydrogen (secondary N) is 2. The summed E-state index contributed by atoms with van der Waals surface area (Å²) in [6.45, 7) is 6.52. The highest BCUT2D eigenvalue weighted by molar-refractivity contribution is 5.76. The average Bonchev–Trinajstić information content (AvgIpc) is 3.17. The number of rotatable bonds is 6. The SMILES string of the molecule is CCc1c(C)nn(CC(=O)N[C@H]2CC[C@H]2NC2Cc3ccccc3C2)c1C. The topological polar surface area (TPSA) is 59.0 Å². The molecule has 2 atom stereocenters. The van der Waals surface area contributed by atoms with Gasteiger partial charge in [0.05, 0.1) is 5.69 Å². The molecule has 1 saturated carbocycles. The molecule has 1 aromatic carbocycles. The summed E-state index contributed by atoms with van der Waals surface area (Å²) in [7, 11) is 0. The van der Waals surface area contributed by atoms with Crippen LogP contribution in [0.5, 0.6) is 0 Å². The number of carbonyl (C=O) groups is 1. The third-order valence-corrected chi connectivity index (χ3v) is 6.30. The molecule has 0 spiro atoms. The third kappa shape index (κ3) is 3.65. The second-order valence-electron chi connectivity index (χ2n) is 8.06. The lowest BCUT2D eigenvalue weighted by molar-refractivity contribution is -0.123. The molecular formula is C22H30N4O. The van der Waals surface area contributed by atoms with Crippen molar-refractivity contribution in [2.45, 2.75) is 77.5 Å². The van der Waals surface area contributed by atoms with Crippen LogP contribution in [0.2, 0.25) is 0 Å². The van der Waals surface area contributed by atoms with E-state index in [1.807, 2.05) is 11.6 Å². The van der Waals surface area contributed by atoms with Crippen molar-refractivity contribution in [2.24, 2.45) is 0 Å². The molecule has 2 aliphatic carbocycles. The van der Waals surface area contributed by atoms with E-state index >= 15 is 0 Å². The number of hydrogen-bond acceptors (Lipinski definition) is 3. The van der Waals surface area contributed by atoms with E-state index < -0.39 is 0 Å². The summed E-state index contributed by atoms with van der Waals surface area (Å²) in [5, 5.41) is 11.5. The average molecular weight is 367 g/mol. The fraction of sp³-hybridized carbons (Fsp3) is 0.545. The van der Waals surface area contributed by atoms with Crippen LogP contribution in [0.3, 0.4) is 0 Å². The van der Waals surface area contributed by atoms with Gasteiger partial charge in [-0.15, -0.1) is 0 Å². The maximum atomic E-state index is 12.5. The molecule has 0 unspecified atom stereocenters. The van der Waals surface area contributed by atoms with Crippen molar-refractivity contribution in [1.82, 2.24) is 20.4 Å². The number of aromatic nitrogens is 2. The molecule has 144 valence electrons. The second kappa shape index (κ2) is 7.47. The largest absolute Gasteiger partial charge is 0.350 e. The molecule has 0 radical (unpaired) electrons. The van der Waals surface area contributed by atoms with E-state index in [1.54, 1.807) is 0 Å². The lowest BCUT2D eigenvalue weighted by Crippen LogP contribution is -2.59. The van der Waals surface area contributed by atoms with Gasteiger partial charge in [0.15, 0.2) is 0 Å². The fourth-order valence-electron chi connectivity index (χ4n) is 4.64. The highest BCUT2D eigenvalue weighted by Crippen LogP contribution is 2.26. The van der Waals surface area contributed by atoms with Gasteiger partial charge in [0.25, 0.3) is 0 Å². The van der Waals surface area contributed by atoms with Crippen LogP contribution in [-0.4, -0.2) is 33.8 Å². The fourth-order valence-corrected chi connectivity index (χ4v) is 4.64. The molecule has 1 aromatic heterocycles. The van der Waals surface area contributed by atoms with Crippen LogP contribution in [-0.2, 0) is 30.6 Å². The summed E-state index contributed by atoms with van der Waals surface area (Å²) in [4.78, 5) is 12.5. The van der Waals surface area contributed by atoms with E-state index in [4.69, 9.17) is 0 Å². The normalized spacial score (nSPS) is 21.7. The van der Waals surface area contributed by atoms with Gasteiger partial charge in [-0.1, -0.05) is 31.2 Å². The smallest absolute Gasteiger partial charge is 0.242 e. The van der Waals surface area contributed by atoms with Crippen LogP contribution in [0.15, 0.2) is 24.3 Å². The first-order valence-electron chi connectivity index (χ1n) is 10.2. The van der Waals surface area contributed by atoms with Gasteiger partial charge in [0, 0.05) is 23.8 Å². The van der Waals surface area contributed by atoms with Gasteiger partial charge in [0.1, 0.15) is 6.54 Å². The standard InChI is InChI=1S/C22H30N4O/c1-4-19-14(2)25-26(15(19)3)13-22(27)24-21-10-9-20(21)23-18-11-16-7-5-6-8-17(16)12-18/h5-8,18,20-21,23H,4,9-13H2,1-3H3,(H,24,27)/t20-,21+/m1/s1. The predicted molar refractivity (Wildman–Crippen MR) is 107 cm³/mol. The maximum absolute atomic E-state index is 12.5. The molecule has 4 rings (SSSR count). The molecule has 5 nitrogen and oxygen atoms in total. The summed E-state index contributed by atoms with van der Waals surface area (Å²) >= 11 is 0. The van der Waals surface area contributed by atoms with E-state index in [0.29, 0.717) is 18.6 Å². The Hall–Kier alpha value is -2.14. The summed E-state index contributed by atoms with van der Waals surface area (Å²) in [5.74, 6) is 0.0643. The minimum atomic E-state index is 0.0643. The highest BCUT2D eigenvalue weighted by Gasteiger charge is 2.35. The quantitative estimate of drug-likeness (QED) is 0.826. The number of aryl methyl sites for hydroxylation is 1. The van der Waals surface area contributed by atoms with Gasteiger partial charge in [-0.25, -0.2) is 0 Å². The van der Waals surface area contributed by atoms with E-state index in [1.165, 1.54) is 16.7 Å². The Bertz CT molecular complexity index is 816. The van der Waals surface area contributed by atoms with Gasteiger partial charge < -0.3 is 10.6 Å². The summed E-state index contributed by atoms with van der Waals surface area (Å²) < 4.78 is 1.85. The van der Waals surface area contributed by atoms with Crippen LogP contribution in [0.1, 0.15) is 47.8 Å². The molecule has 0 saturated heterocycles. The van der Waals surface area contributed by atoms with Crippen LogP contribution in [0.4, 0.5) is 0 Å². The Kier molecular flexibility index (Phi) is 5.04. The van der Waals surface area contributed by atoms with Crippen LogP contribution in [0.25, 0.3) is 0 Å². The van der Waals surface area contributed by atoms with Gasteiger partial charge in [-0.05, 0) is 62.6 Å². The van der Waals surface area contributed by atoms with Gasteiger partial charge >= 0.3 is 0 Å². The minimum absolute atomic E-state index is 0.0643. The first-order valence-corrected chi connectivity index (χ1v) is 10.2. The van der Waals surface area contributed by atoms with Crippen LogP contribution >= 0.6 is 0 Å². The number of benzene rings is 1. The lowest BCUT2D eigenvalue weighted by Gasteiger charge is -2.39. The second-order valence-corrected chi connectivity index (χ2v) is 8.06. The van der Waals surface area contributed by atoms with E-state index in [2.05, 4.69) is 53.8 Å². The Balaban J connectivity index is 1.29. The van der Waals surface area contributed by atoms with Crippen molar-refractivity contribution in [2.75, 3.05) is 0 Å². The van der Waals surface area contributed by atoms with Crippen LogP contribution < -0.4 is 10.6 Å². The molecule has 2 aliphatic rings. The summed E-state index contributed by atoms with van der Waals surface area (Å²) in [5.41, 5.74) is 6.33. The zero-order chi connectivity index (χ0) is 19.0. The van der Waals surface area contributed by atoms with Crippen molar-refractivity contribution in [3.8, 4) is 0 Å². The molecule has 1 heterocycles. The van der Waals surface area contributed by atoms with Crippen molar-refractivity contribution in [3.05, 3.63) is 52.3 Å². The van der Waals surface area contributed by atoms with E-state index in [-0.39, 0.29) is 11.9 Å². The zero-order valence-corrected chi connectivity index (χ0v) is 16.6. The summed E-state index contributed by atoms with van der Waals surface area (Å²) in [6.07, 6.45) is 5.34. The van der Waals surface area contributed by atoms with Crippen molar-refractivity contribution in [1.29, 1.82) is 0 Å². The first-order chi connectivity index (χ1) is 13.0. The third-order valence-electron chi connectivity index (χ3n) is 6.30. The Labute approximate surface area is 161 Å². The zero-order valence-electron chi connectivity index (χ0n) is 16.6. The van der Waals surface area contributed by atoms with Gasteiger partial charge in [-0.3, -0.25) is 9.48 Å². The number of carbonyl (C=O) groups excluding carboxylic acids is 1. The number of hydrogen-bond donors (Lipinski definition) is 2. The molecule has 1 fully saturated rings. The molecule has 5 heteroatoms. The molecular weight excluding hydrogens is 336 g/mol. The van der Waals surface area contributed by atoms with Crippen molar-refractivity contribution < 1.29 is 4.79 Å². The van der Waals surface area contributed by atoms with Crippen molar-refractivity contribution in [3.63, 3.8) is 0 Å². The van der Waals surface area contributed by atoms with E-state index in [9.17, 15) is 4.79 Å². The number of fused-ring (bicyclic) bond motifs is 1. The number of amides is 1. The van der Waals surface area contributed by atoms with Gasteiger partial charge in [0.2, 0.25) is 5.91 Å². The molecule has 1 amide bonds.